The second-order valence-corrected chi connectivity index (χ2v) is 5.34. The summed E-state index contributed by atoms with van der Waals surface area (Å²) in [7, 11) is 2.96. The van der Waals surface area contributed by atoms with E-state index in [0.717, 1.165) is 11.3 Å². The van der Waals surface area contributed by atoms with Crippen LogP contribution in [0.15, 0.2) is 47.5 Å². The van der Waals surface area contributed by atoms with Crippen LogP contribution in [0.3, 0.4) is 0 Å². The Morgan fingerprint density at radius 1 is 1.08 bits per heavy atom. The molecule has 0 atom stereocenters. The molecule has 126 valence electrons. The van der Waals surface area contributed by atoms with Crippen LogP contribution in [0.4, 0.5) is 5.69 Å². The van der Waals surface area contributed by atoms with Crippen molar-refractivity contribution >= 4 is 17.9 Å². The minimum atomic E-state index is -0.369. The summed E-state index contributed by atoms with van der Waals surface area (Å²) in [5.41, 5.74) is 2.03. The van der Waals surface area contributed by atoms with Crippen LogP contribution < -0.4 is 9.47 Å². The van der Waals surface area contributed by atoms with Crippen molar-refractivity contribution in [3.63, 3.8) is 0 Å². The summed E-state index contributed by atoms with van der Waals surface area (Å²) in [5, 5.41) is 0. The molecule has 0 unspecified atom stereocenters. The number of carbonyl (C=O) groups excluding carboxylic acids is 1. The molecule has 0 spiro atoms. The van der Waals surface area contributed by atoms with E-state index in [-0.39, 0.29) is 12.1 Å². The molecular weight excluding hydrogens is 306 g/mol. The first-order valence-corrected chi connectivity index (χ1v) is 7.61. The molecule has 5 nitrogen and oxygen atoms in total. The van der Waals surface area contributed by atoms with E-state index < -0.39 is 0 Å². The van der Waals surface area contributed by atoms with Crippen molar-refractivity contribution in [3.8, 4) is 11.5 Å². The molecule has 0 radical (unpaired) electrons. The number of para-hydroxylation sites is 1. The molecule has 0 bridgehead atoms. The van der Waals surface area contributed by atoms with Crippen molar-refractivity contribution in [3.05, 3.63) is 53.6 Å². The molecule has 0 aromatic heterocycles. The molecule has 0 fully saturated rings. The summed E-state index contributed by atoms with van der Waals surface area (Å²) in [5.74, 6) is 0.949. The summed E-state index contributed by atoms with van der Waals surface area (Å²) in [6, 6.07) is 12.5. The van der Waals surface area contributed by atoms with Crippen molar-refractivity contribution in [1.29, 1.82) is 0 Å². The highest BCUT2D eigenvalue weighted by atomic mass is 16.5. The van der Waals surface area contributed by atoms with Crippen LogP contribution >= 0.6 is 0 Å². The molecule has 2 aromatic carbocycles. The number of methoxy groups -OCH3 is 2. The Kier molecular flexibility index (Phi) is 5.95. The van der Waals surface area contributed by atoms with Gasteiger partial charge in [0.2, 0.25) is 0 Å². The third-order valence-electron chi connectivity index (χ3n) is 3.22. The summed E-state index contributed by atoms with van der Waals surface area (Å²) >= 11 is 0. The van der Waals surface area contributed by atoms with Gasteiger partial charge in [-0.05, 0) is 50.2 Å². The van der Waals surface area contributed by atoms with Gasteiger partial charge in [-0.25, -0.2) is 4.79 Å². The summed E-state index contributed by atoms with van der Waals surface area (Å²) < 4.78 is 15.9. The number of hydrogen-bond acceptors (Lipinski definition) is 5. The van der Waals surface area contributed by atoms with Crippen molar-refractivity contribution in [2.45, 2.75) is 20.0 Å². The fourth-order valence-corrected chi connectivity index (χ4v) is 2.10. The maximum atomic E-state index is 11.4. The minimum absolute atomic E-state index is 0.0211. The van der Waals surface area contributed by atoms with Crippen LogP contribution in [-0.4, -0.2) is 32.5 Å². The van der Waals surface area contributed by atoms with Crippen LogP contribution in [0.5, 0.6) is 11.5 Å². The van der Waals surface area contributed by atoms with Gasteiger partial charge < -0.3 is 14.2 Å². The van der Waals surface area contributed by atoms with Gasteiger partial charge in [0.05, 0.1) is 31.6 Å². The molecular formula is C19H21NO4. The number of nitrogens with zero attached hydrogens (tertiary/aromatic N) is 1. The molecule has 0 amide bonds. The van der Waals surface area contributed by atoms with Gasteiger partial charge in [-0.1, -0.05) is 6.07 Å². The zero-order valence-electron chi connectivity index (χ0n) is 14.3. The summed E-state index contributed by atoms with van der Waals surface area (Å²) in [6.45, 7) is 3.91. The Morgan fingerprint density at radius 2 is 1.79 bits per heavy atom. The SMILES string of the molecule is COC(=O)c1ccc(N=Cc2cccc(OC)c2OC(C)C)cc1. The molecule has 5 heteroatoms. The van der Waals surface area contributed by atoms with Gasteiger partial charge in [-0.15, -0.1) is 0 Å². The van der Waals surface area contributed by atoms with Crippen molar-refractivity contribution in [1.82, 2.24) is 0 Å². The van der Waals surface area contributed by atoms with Crippen molar-refractivity contribution < 1.29 is 19.0 Å². The van der Waals surface area contributed by atoms with Crippen LogP contribution in [0.1, 0.15) is 29.8 Å². The van der Waals surface area contributed by atoms with Crippen molar-refractivity contribution in [2.75, 3.05) is 14.2 Å². The van der Waals surface area contributed by atoms with E-state index in [9.17, 15) is 4.79 Å². The maximum absolute atomic E-state index is 11.4. The number of benzene rings is 2. The highest BCUT2D eigenvalue weighted by Crippen LogP contribution is 2.31. The number of aliphatic imine (C=N–C) groups is 1. The van der Waals surface area contributed by atoms with Gasteiger partial charge in [-0.2, -0.15) is 0 Å². The number of hydrogen-bond donors (Lipinski definition) is 0. The first-order valence-electron chi connectivity index (χ1n) is 7.61. The van der Waals surface area contributed by atoms with E-state index in [0.29, 0.717) is 17.1 Å². The predicted molar refractivity (Wildman–Crippen MR) is 93.8 cm³/mol. The third kappa shape index (κ3) is 4.35. The Morgan fingerprint density at radius 3 is 2.38 bits per heavy atom. The lowest BCUT2D eigenvalue weighted by molar-refractivity contribution is 0.0601. The fourth-order valence-electron chi connectivity index (χ4n) is 2.10. The van der Waals surface area contributed by atoms with E-state index in [2.05, 4.69) is 9.73 Å². The third-order valence-corrected chi connectivity index (χ3v) is 3.22. The van der Waals surface area contributed by atoms with Gasteiger partial charge in [0.25, 0.3) is 0 Å². The minimum Gasteiger partial charge on any atom is -0.493 e. The molecule has 0 saturated carbocycles. The van der Waals surface area contributed by atoms with E-state index >= 15 is 0 Å². The summed E-state index contributed by atoms with van der Waals surface area (Å²) in [4.78, 5) is 15.9. The van der Waals surface area contributed by atoms with E-state index in [1.165, 1.54) is 7.11 Å². The van der Waals surface area contributed by atoms with E-state index in [1.54, 1.807) is 37.6 Å². The quantitative estimate of drug-likeness (QED) is 0.594. The van der Waals surface area contributed by atoms with E-state index in [4.69, 9.17) is 9.47 Å². The monoisotopic (exact) mass is 327 g/mol. The highest BCUT2D eigenvalue weighted by Gasteiger charge is 2.11. The molecule has 0 heterocycles. The second kappa shape index (κ2) is 8.15. The molecule has 2 aromatic rings. The van der Waals surface area contributed by atoms with Gasteiger partial charge >= 0.3 is 5.97 Å². The Balaban J connectivity index is 2.26. The molecule has 0 saturated heterocycles. The van der Waals surface area contributed by atoms with Crippen LogP contribution in [0.2, 0.25) is 0 Å². The van der Waals surface area contributed by atoms with E-state index in [1.807, 2.05) is 32.0 Å². The summed E-state index contributed by atoms with van der Waals surface area (Å²) in [6.07, 6.45) is 1.74. The number of esters is 1. The van der Waals surface area contributed by atoms with Gasteiger partial charge in [-0.3, -0.25) is 4.99 Å². The standard InChI is InChI=1S/C19H21NO4/c1-13(2)24-18-15(6-5-7-17(18)22-3)12-20-16-10-8-14(9-11-16)19(21)23-4/h5-13H,1-4H3. The lowest BCUT2D eigenvalue weighted by Crippen LogP contribution is -2.08. The van der Waals surface area contributed by atoms with Crippen molar-refractivity contribution in [2.24, 2.45) is 4.99 Å². The Bertz CT molecular complexity index is 721. The Hall–Kier alpha value is -2.82. The molecule has 0 aliphatic rings. The van der Waals surface area contributed by atoms with Gasteiger partial charge in [0.15, 0.2) is 11.5 Å². The zero-order chi connectivity index (χ0) is 17.5. The van der Waals surface area contributed by atoms with Crippen LogP contribution in [0, 0.1) is 0 Å². The molecule has 2 rings (SSSR count). The highest BCUT2D eigenvalue weighted by molar-refractivity contribution is 5.90. The maximum Gasteiger partial charge on any atom is 0.337 e. The van der Waals surface area contributed by atoms with Gasteiger partial charge in [0.1, 0.15) is 0 Å². The molecule has 0 aliphatic carbocycles. The first kappa shape index (κ1) is 17.5. The topological polar surface area (TPSA) is 57.1 Å². The Labute approximate surface area is 141 Å². The van der Waals surface area contributed by atoms with Crippen LogP contribution in [-0.2, 0) is 4.74 Å². The number of carbonyl (C=O) groups is 1. The largest absolute Gasteiger partial charge is 0.493 e. The second-order valence-electron chi connectivity index (χ2n) is 5.34. The fraction of sp³-hybridized carbons (Fsp3) is 0.263. The first-order chi connectivity index (χ1) is 11.5. The predicted octanol–water partition coefficient (Wildman–Crippen LogP) is 4.02. The lowest BCUT2D eigenvalue weighted by Gasteiger charge is -2.15. The number of ether oxygens (including phenoxy) is 3. The normalized spacial score (nSPS) is 10.9. The molecule has 0 aliphatic heterocycles. The lowest BCUT2D eigenvalue weighted by atomic mass is 10.2. The van der Waals surface area contributed by atoms with Crippen LogP contribution in [0.25, 0.3) is 0 Å². The average Bonchev–Trinajstić information content (AvgIpc) is 2.60. The molecule has 24 heavy (non-hydrogen) atoms. The average molecular weight is 327 g/mol. The smallest absolute Gasteiger partial charge is 0.337 e. The number of rotatable bonds is 6. The zero-order valence-corrected chi connectivity index (χ0v) is 14.3. The molecule has 0 N–H and O–H groups in total. The van der Waals surface area contributed by atoms with Gasteiger partial charge in [0, 0.05) is 11.8 Å².